The second kappa shape index (κ2) is 25.0. The van der Waals surface area contributed by atoms with Crippen LogP contribution >= 0.6 is 0 Å². The standard InChI is InChI=1S/C33H61NO8/c1-3-5-7-9-11-12-13-14-15-17-19-21-23-29(37)34-26(27(36)22-20-18-16-10-8-6-4-2)25-41-33-32(40)31(39)30(38)28(24-35)42-33/h8,10,20,22,26-28,30-33,35-36,38-40H,3-7,9,11-19,21,23-25H2,1-2H3,(H,34,37)/b10-8+,22-20+. The van der Waals surface area contributed by atoms with E-state index in [1.807, 2.05) is 6.08 Å². The fraction of sp³-hybridized carbons (Fsp3) is 0.848. The third-order valence-electron chi connectivity index (χ3n) is 7.76. The number of aliphatic hydroxyl groups is 5. The van der Waals surface area contributed by atoms with Gasteiger partial charge in [-0.1, -0.05) is 115 Å². The van der Waals surface area contributed by atoms with Crippen molar-refractivity contribution in [3.05, 3.63) is 24.3 Å². The summed E-state index contributed by atoms with van der Waals surface area (Å²) >= 11 is 0. The quantitative estimate of drug-likeness (QED) is 0.0667. The van der Waals surface area contributed by atoms with Crippen LogP contribution in [-0.2, 0) is 14.3 Å². The lowest BCUT2D eigenvalue weighted by Crippen LogP contribution is -2.60. The monoisotopic (exact) mass is 599 g/mol. The average molecular weight is 600 g/mol. The molecule has 9 nitrogen and oxygen atoms in total. The van der Waals surface area contributed by atoms with E-state index in [-0.39, 0.29) is 12.5 Å². The Morgan fingerprint density at radius 3 is 1.95 bits per heavy atom. The van der Waals surface area contributed by atoms with Gasteiger partial charge in [-0.15, -0.1) is 0 Å². The number of ether oxygens (including phenoxy) is 2. The maximum Gasteiger partial charge on any atom is 0.220 e. The van der Waals surface area contributed by atoms with Crippen molar-refractivity contribution in [2.45, 2.75) is 166 Å². The third kappa shape index (κ3) is 17.1. The van der Waals surface area contributed by atoms with E-state index in [4.69, 9.17) is 9.47 Å². The summed E-state index contributed by atoms with van der Waals surface area (Å²) in [6.45, 7) is 3.59. The van der Waals surface area contributed by atoms with Crippen molar-refractivity contribution in [1.29, 1.82) is 0 Å². The molecule has 0 aromatic rings. The summed E-state index contributed by atoms with van der Waals surface area (Å²) in [5.41, 5.74) is 0. The molecule has 0 bridgehead atoms. The summed E-state index contributed by atoms with van der Waals surface area (Å²) in [5, 5.41) is 53.4. The molecule has 0 aromatic carbocycles. The molecule has 7 atom stereocenters. The lowest BCUT2D eigenvalue weighted by molar-refractivity contribution is -0.302. The van der Waals surface area contributed by atoms with Crippen LogP contribution in [0.5, 0.6) is 0 Å². The van der Waals surface area contributed by atoms with Crippen LogP contribution in [-0.4, -0.2) is 87.5 Å². The van der Waals surface area contributed by atoms with Gasteiger partial charge in [-0.05, 0) is 25.7 Å². The van der Waals surface area contributed by atoms with Crippen molar-refractivity contribution in [2.75, 3.05) is 13.2 Å². The summed E-state index contributed by atoms with van der Waals surface area (Å²) in [6, 6.07) is -0.811. The topological polar surface area (TPSA) is 149 Å². The van der Waals surface area contributed by atoms with Gasteiger partial charge in [-0.25, -0.2) is 0 Å². The van der Waals surface area contributed by atoms with E-state index in [2.05, 4.69) is 31.3 Å². The molecule has 1 heterocycles. The zero-order valence-electron chi connectivity index (χ0n) is 26.2. The van der Waals surface area contributed by atoms with Gasteiger partial charge in [0.05, 0.1) is 25.4 Å². The summed E-state index contributed by atoms with van der Waals surface area (Å²) < 4.78 is 11.1. The minimum absolute atomic E-state index is 0.195. The van der Waals surface area contributed by atoms with Crippen LogP contribution in [0.3, 0.4) is 0 Å². The Morgan fingerprint density at radius 2 is 1.36 bits per heavy atom. The van der Waals surface area contributed by atoms with Crippen LogP contribution in [0.2, 0.25) is 0 Å². The molecule has 0 saturated carbocycles. The third-order valence-corrected chi connectivity index (χ3v) is 7.76. The number of aliphatic hydroxyl groups excluding tert-OH is 5. The maximum atomic E-state index is 12.7. The molecule has 1 saturated heterocycles. The molecule has 246 valence electrons. The predicted molar refractivity (Wildman–Crippen MR) is 166 cm³/mol. The van der Waals surface area contributed by atoms with Gasteiger partial charge < -0.3 is 40.3 Å². The first kappa shape index (κ1) is 38.7. The van der Waals surface area contributed by atoms with Crippen molar-refractivity contribution in [3.8, 4) is 0 Å². The van der Waals surface area contributed by atoms with Crippen molar-refractivity contribution < 1.29 is 39.8 Å². The van der Waals surface area contributed by atoms with Gasteiger partial charge >= 0.3 is 0 Å². The van der Waals surface area contributed by atoms with Crippen LogP contribution in [0.25, 0.3) is 0 Å². The number of hydrogen-bond donors (Lipinski definition) is 6. The smallest absolute Gasteiger partial charge is 0.220 e. The SMILES string of the molecule is CCC/C=C/CC/C=C/C(O)C(COC1OC(CO)C(O)C(O)C1O)NC(=O)CCCCCCCCCCCCCC. The summed E-state index contributed by atoms with van der Waals surface area (Å²) in [5.74, 6) is -0.195. The number of nitrogens with one attached hydrogen (secondary N) is 1. The largest absolute Gasteiger partial charge is 0.394 e. The van der Waals surface area contributed by atoms with E-state index in [9.17, 15) is 30.3 Å². The first-order valence-electron chi connectivity index (χ1n) is 16.6. The molecule has 0 radical (unpaired) electrons. The lowest BCUT2D eigenvalue weighted by Gasteiger charge is -2.40. The minimum atomic E-state index is -1.56. The van der Waals surface area contributed by atoms with E-state index in [1.165, 1.54) is 57.8 Å². The second-order valence-corrected chi connectivity index (χ2v) is 11.6. The van der Waals surface area contributed by atoms with Gasteiger partial charge in [0.15, 0.2) is 6.29 Å². The molecule has 1 aliphatic heterocycles. The number of hydrogen-bond acceptors (Lipinski definition) is 8. The van der Waals surface area contributed by atoms with E-state index >= 15 is 0 Å². The van der Waals surface area contributed by atoms with Crippen LogP contribution in [0.1, 0.15) is 123 Å². The number of rotatable bonds is 25. The van der Waals surface area contributed by atoms with Crippen molar-refractivity contribution >= 4 is 5.91 Å². The Kier molecular flexibility index (Phi) is 23.1. The molecule has 1 fully saturated rings. The van der Waals surface area contributed by atoms with Gasteiger partial charge in [0.2, 0.25) is 5.91 Å². The van der Waals surface area contributed by atoms with Crippen molar-refractivity contribution in [3.63, 3.8) is 0 Å². The first-order chi connectivity index (χ1) is 20.3. The average Bonchev–Trinajstić information content (AvgIpc) is 2.98. The Balaban J connectivity index is 2.50. The molecule has 1 amide bonds. The molecular weight excluding hydrogens is 538 g/mol. The Hall–Kier alpha value is -1.33. The molecule has 1 rings (SSSR count). The summed E-state index contributed by atoms with van der Waals surface area (Å²) in [4.78, 5) is 12.7. The van der Waals surface area contributed by atoms with Crippen LogP contribution in [0.4, 0.5) is 0 Å². The van der Waals surface area contributed by atoms with Crippen LogP contribution in [0, 0.1) is 0 Å². The zero-order valence-corrected chi connectivity index (χ0v) is 26.2. The Morgan fingerprint density at radius 1 is 0.786 bits per heavy atom. The fourth-order valence-electron chi connectivity index (χ4n) is 5.00. The highest BCUT2D eigenvalue weighted by atomic mass is 16.7. The first-order valence-corrected chi connectivity index (χ1v) is 16.6. The molecule has 42 heavy (non-hydrogen) atoms. The van der Waals surface area contributed by atoms with E-state index in [1.54, 1.807) is 6.08 Å². The molecular formula is C33H61NO8. The van der Waals surface area contributed by atoms with Gasteiger partial charge in [-0.2, -0.15) is 0 Å². The van der Waals surface area contributed by atoms with E-state index in [0.717, 1.165) is 44.9 Å². The lowest BCUT2D eigenvalue weighted by atomic mass is 9.99. The molecule has 0 aromatic heterocycles. The normalized spacial score (nSPS) is 24.4. The van der Waals surface area contributed by atoms with Gasteiger partial charge in [0, 0.05) is 6.42 Å². The highest BCUT2D eigenvalue weighted by molar-refractivity contribution is 5.76. The van der Waals surface area contributed by atoms with Gasteiger partial charge in [-0.3, -0.25) is 4.79 Å². The molecule has 0 spiro atoms. The van der Waals surface area contributed by atoms with Crippen LogP contribution in [0.15, 0.2) is 24.3 Å². The Bertz CT molecular complexity index is 716. The molecule has 7 unspecified atom stereocenters. The number of amides is 1. The van der Waals surface area contributed by atoms with Gasteiger partial charge in [0.1, 0.15) is 24.4 Å². The maximum absolute atomic E-state index is 12.7. The molecule has 6 N–H and O–H groups in total. The second-order valence-electron chi connectivity index (χ2n) is 11.6. The van der Waals surface area contributed by atoms with Crippen molar-refractivity contribution in [2.24, 2.45) is 0 Å². The number of unbranched alkanes of at least 4 members (excludes halogenated alkanes) is 13. The van der Waals surface area contributed by atoms with Crippen molar-refractivity contribution in [1.82, 2.24) is 5.32 Å². The fourth-order valence-corrected chi connectivity index (χ4v) is 5.00. The Labute approximate surface area is 254 Å². The highest BCUT2D eigenvalue weighted by Crippen LogP contribution is 2.22. The van der Waals surface area contributed by atoms with E-state index < -0.39 is 49.5 Å². The zero-order chi connectivity index (χ0) is 31.0. The van der Waals surface area contributed by atoms with Crippen LogP contribution < -0.4 is 5.32 Å². The minimum Gasteiger partial charge on any atom is -0.394 e. The number of allylic oxidation sites excluding steroid dienone is 3. The predicted octanol–water partition coefficient (Wildman–Crippen LogP) is 4.43. The molecule has 0 aliphatic carbocycles. The summed E-state index contributed by atoms with van der Waals surface area (Å²) in [7, 11) is 0. The summed E-state index contributed by atoms with van der Waals surface area (Å²) in [6.07, 6.45) is 18.2. The molecule has 9 heteroatoms. The molecule has 1 aliphatic rings. The number of carbonyl (C=O) groups is 1. The van der Waals surface area contributed by atoms with Gasteiger partial charge in [0.25, 0.3) is 0 Å². The number of carbonyl (C=O) groups excluding carboxylic acids is 1. The van der Waals surface area contributed by atoms with E-state index in [0.29, 0.717) is 6.42 Å². The highest BCUT2D eigenvalue weighted by Gasteiger charge is 2.44.